The third kappa shape index (κ3) is 4.55. The smallest absolute Gasteiger partial charge is 0.237 e. The van der Waals surface area contributed by atoms with Gasteiger partial charge in [0.05, 0.1) is 12.6 Å². The van der Waals surface area contributed by atoms with Crippen LogP contribution in [0.1, 0.15) is 38.5 Å². The Morgan fingerprint density at radius 2 is 2.11 bits per heavy atom. The van der Waals surface area contributed by atoms with Crippen LogP contribution in [-0.4, -0.2) is 43.9 Å². The maximum Gasteiger partial charge on any atom is 0.237 e. The quantitative estimate of drug-likeness (QED) is 0.617. The van der Waals surface area contributed by atoms with E-state index in [2.05, 4.69) is 5.32 Å². The first-order valence-electron chi connectivity index (χ1n) is 6.77. The zero-order valence-electron chi connectivity index (χ0n) is 11.3. The van der Waals surface area contributed by atoms with Gasteiger partial charge in [-0.3, -0.25) is 4.79 Å². The van der Waals surface area contributed by atoms with Crippen molar-refractivity contribution < 1.29 is 14.6 Å². The van der Waals surface area contributed by atoms with Crippen LogP contribution in [-0.2, 0) is 9.53 Å². The second kappa shape index (κ2) is 7.71. The van der Waals surface area contributed by atoms with Gasteiger partial charge in [0.2, 0.25) is 5.91 Å². The number of aliphatic hydroxyl groups excluding tert-OH is 1. The molecule has 1 amide bonds. The van der Waals surface area contributed by atoms with Crippen LogP contribution in [0.25, 0.3) is 0 Å². The number of ether oxygens (including phenoxy) is 1. The molecule has 1 aliphatic rings. The molecule has 5 nitrogen and oxygen atoms in total. The summed E-state index contributed by atoms with van der Waals surface area (Å²) in [7, 11) is 1.59. The van der Waals surface area contributed by atoms with Crippen LogP contribution in [0, 0.1) is 5.41 Å². The molecule has 1 aliphatic carbocycles. The number of carbonyl (C=O) groups is 1. The Kier molecular flexibility index (Phi) is 6.60. The molecule has 0 aromatic heterocycles. The summed E-state index contributed by atoms with van der Waals surface area (Å²) >= 11 is 0. The largest absolute Gasteiger partial charge is 0.396 e. The van der Waals surface area contributed by atoms with Crippen molar-refractivity contribution in [2.24, 2.45) is 11.1 Å². The summed E-state index contributed by atoms with van der Waals surface area (Å²) < 4.78 is 4.90. The number of amides is 1. The highest BCUT2D eigenvalue weighted by atomic mass is 16.5. The van der Waals surface area contributed by atoms with E-state index >= 15 is 0 Å². The van der Waals surface area contributed by atoms with E-state index in [1.807, 2.05) is 0 Å². The second-order valence-electron chi connectivity index (χ2n) is 5.32. The van der Waals surface area contributed by atoms with Crippen LogP contribution in [0.2, 0.25) is 0 Å². The van der Waals surface area contributed by atoms with E-state index in [9.17, 15) is 9.90 Å². The minimum Gasteiger partial charge on any atom is -0.396 e. The maximum absolute atomic E-state index is 11.8. The molecule has 5 heteroatoms. The van der Waals surface area contributed by atoms with Gasteiger partial charge in [0.25, 0.3) is 0 Å². The summed E-state index contributed by atoms with van der Waals surface area (Å²) in [5.74, 6) is -0.148. The zero-order valence-corrected chi connectivity index (χ0v) is 11.3. The van der Waals surface area contributed by atoms with Crippen molar-refractivity contribution in [2.45, 2.75) is 44.6 Å². The summed E-state index contributed by atoms with van der Waals surface area (Å²) in [4.78, 5) is 11.8. The molecule has 0 radical (unpaired) electrons. The Labute approximate surface area is 109 Å². The molecule has 4 N–H and O–H groups in total. The molecule has 0 spiro atoms. The Morgan fingerprint density at radius 3 is 2.67 bits per heavy atom. The van der Waals surface area contributed by atoms with Crippen LogP contribution in [0.4, 0.5) is 0 Å². The van der Waals surface area contributed by atoms with Crippen LogP contribution in [0.5, 0.6) is 0 Å². The van der Waals surface area contributed by atoms with Crippen molar-refractivity contribution in [1.82, 2.24) is 5.32 Å². The van der Waals surface area contributed by atoms with Gasteiger partial charge in [0.1, 0.15) is 0 Å². The van der Waals surface area contributed by atoms with E-state index in [0.29, 0.717) is 19.6 Å². The summed E-state index contributed by atoms with van der Waals surface area (Å²) in [5, 5.41) is 12.4. The summed E-state index contributed by atoms with van der Waals surface area (Å²) in [6.45, 7) is 1.16. The lowest BCUT2D eigenvalue weighted by atomic mass is 9.74. The average Bonchev–Trinajstić information content (AvgIpc) is 2.43. The van der Waals surface area contributed by atoms with E-state index in [1.54, 1.807) is 7.11 Å². The molecular formula is C13H26N2O3. The fourth-order valence-corrected chi connectivity index (χ4v) is 2.47. The topological polar surface area (TPSA) is 84.6 Å². The molecule has 18 heavy (non-hydrogen) atoms. The van der Waals surface area contributed by atoms with Gasteiger partial charge in [0, 0.05) is 25.7 Å². The Balaban J connectivity index is 2.35. The number of hydrogen-bond donors (Lipinski definition) is 3. The van der Waals surface area contributed by atoms with Gasteiger partial charge in [0.15, 0.2) is 0 Å². The third-order valence-corrected chi connectivity index (χ3v) is 3.86. The normalized spacial score (nSPS) is 20.4. The first-order chi connectivity index (χ1) is 8.63. The number of methoxy groups -OCH3 is 1. The molecule has 1 rings (SSSR count). The van der Waals surface area contributed by atoms with Crippen LogP contribution >= 0.6 is 0 Å². The number of aliphatic hydroxyl groups is 1. The monoisotopic (exact) mass is 258 g/mol. The van der Waals surface area contributed by atoms with Crippen LogP contribution in [0.3, 0.4) is 0 Å². The maximum atomic E-state index is 11.8. The first kappa shape index (κ1) is 15.4. The zero-order chi connectivity index (χ0) is 13.4. The average molecular weight is 258 g/mol. The molecule has 0 aliphatic heterocycles. The molecule has 0 aromatic rings. The molecule has 0 heterocycles. The summed E-state index contributed by atoms with van der Waals surface area (Å²) in [6.07, 6.45) is 5.98. The SMILES string of the molecule is COCCC(N)C(=O)NCC1(CO)CCCCC1. The Hall–Kier alpha value is -0.650. The van der Waals surface area contributed by atoms with Gasteiger partial charge in [-0.25, -0.2) is 0 Å². The molecule has 1 fully saturated rings. The molecule has 0 saturated heterocycles. The lowest BCUT2D eigenvalue weighted by Gasteiger charge is -2.35. The number of carbonyl (C=O) groups excluding carboxylic acids is 1. The van der Waals surface area contributed by atoms with Gasteiger partial charge in [-0.15, -0.1) is 0 Å². The molecular weight excluding hydrogens is 232 g/mol. The molecule has 0 aromatic carbocycles. The van der Waals surface area contributed by atoms with E-state index in [1.165, 1.54) is 6.42 Å². The number of rotatable bonds is 7. The fraction of sp³-hybridized carbons (Fsp3) is 0.923. The predicted octanol–water partition coefficient (Wildman–Crippen LogP) is 0.409. The molecule has 1 atom stereocenters. The number of hydrogen-bond acceptors (Lipinski definition) is 4. The highest BCUT2D eigenvalue weighted by molar-refractivity contribution is 5.81. The van der Waals surface area contributed by atoms with E-state index in [-0.39, 0.29) is 17.9 Å². The first-order valence-corrected chi connectivity index (χ1v) is 6.77. The number of nitrogens with two attached hydrogens (primary N) is 1. The lowest BCUT2D eigenvalue weighted by molar-refractivity contribution is -0.123. The fourth-order valence-electron chi connectivity index (χ4n) is 2.47. The van der Waals surface area contributed by atoms with Crippen molar-refractivity contribution in [3.05, 3.63) is 0 Å². The van der Waals surface area contributed by atoms with Gasteiger partial charge >= 0.3 is 0 Å². The van der Waals surface area contributed by atoms with E-state index in [4.69, 9.17) is 10.5 Å². The number of nitrogens with one attached hydrogen (secondary N) is 1. The minimum atomic E-state index is -0.524. The predicted molar refractivity (Wildman–Crippen MR) is 70.1 cm³/mol. The van der Waals surface area contributed by atoms with Gasteiger partial charge in [-0.1, -0.05) is 19.3 Å². The van der Waals surface area contributed by atoms with Crippen molar-refractivity contribution in [2.75, 3.05) is 26.9 Å². The van der Waals surface area contributed by atoms with Crippen LogP contribution in [0.15, 0.2) is 0 Å². The van der Waals surface area contributed by atoms with Gasteiger partial charge < -0.3 is 20.9 Å². The Bertz CT molecular complexity index is 253. The Morgan fingerprint density at radius 1 is 1.44 bits per heavy atom. The molecule has 0 bridgehead atoms. The third-order valence-electron chi connectivity index (χ3n) is 3.86. The van der Waals surface area contributed by atoms with Crippen molar-refractivity contribution in [3.63, 3.8) is 0 Å². The second-order valence-corrected chi connectivity index (χ2v) is 5.32. The van der Waals surface area contributed by atoms with E-state index in [0.717, 1.165) is 25.7 Å². The molecule has 1 unspecified atom stereocenters. The van der Waals surface area contributed by atoms with Gasteiger partial charge in [-0.05, 0) is 19.3 Å². The standard InChI is InChI=1S/C13H26N2O3/c1-18-8-5-11(14)12(17)15-9-13(10-16)6-3-2-4-7-13/h11,16H,2-10,14H2,1H3,(H,15,17). The van der Waals surface area contributed by atoms with Crippen molar-refractivity contribution in [3.8, 4) is 0 Å². The van der Waals surface area contributed by atoms with Crippen LogP contribution < -0.4 is 11.1 Å². The van der Waals surface area contributed by atoms with E-state index < -0.39 is 6.04 Å². The highest BCUT2D eigenvalue weighted by Crippen LogP contribution is 2.35. The molecule has 1 saturated carbocycles. The van der Waals surface area contributed by atoms with Crippen molar-refractivity contribution in [1.29, 1.82) is 0 Å². The molecule has 106 valence electrons. The van der Waals surface area contributed by atoms with Gasteiger partial charge in [-0.2, -0.15) is 0 Å². The lowest BCUT2D eigenvalue weighted by Crippen LogP contribution is -2.47. The van der Waals surface area contributed by atoms with Crippen molar-refractivity contribution >= 4 is 5.91 Å². The minimum absolute atomic E-state index is 0.130. The highest BCUT2D eigenvalue weighted by Gasteiger charge is 2.32. The summed E-state index contributed by atoms with van der Waals surface area (Å²) in [5.41, 5.74) is 5.62. The summed E-state index contributed by atoms with van der Waals surface area (Å²) in [6, 6.07) is -0.524.